The second kappa shape index (κ2) is 6.43. The predicted molar refractivity (Wildman–Crippen MR) is 116 cm³/mol. The SMILES string of the molecule is Cc1cn2nc(-c3cc(F)c4c(=O)n([C@H]5CCNC6(CC6)C5)cnc4c3)cc(C)c2n1. The lowest BCUT2D eigenvalue weighted by atomic mass is 9.97. The largest absolute Gasteiger partial charge is 0.311 e. The fourth-order valence-corrected chi connectivity index (χ4v) is 4.90. The van der Waals surface area contributed by atoms with Crippen LogP contribution in [0.4, 0.5) is 4.39 Å². The smallest absolute Gasteiger partial charge is 0.264 e. The van der Waals surface area contributed by atoms with E-state index in [-0.39, 0.29) is 22.5 Å². The Morgan fingerprint density at radius 2 is 2.06 bits per heavy atom. The van der Waals surface area contributed by atoms with Gasteiger partial charge in [0.25, 0.3) is 5.56 Å². The van der Waals surface area contributed by atoms with Gasteiger partial charge in [-0.15, -0.1) is 0 Å². The highest BCUT2D eigenvalue weighted by Gasteiger charge is 2.46. The first-order chi connectivity index (χ1) is 14.9. The van der Waals surface area contributed by atoms with E-state index >= 15 is 4.39 Å². The quantitative estimate of drug-likeness (QED) is 0.540. The third kappa shape index (κ3) is 2.96. The average molecular weight is 418 g/mol. The van der Waals surface area contributed by atoms with Gasteiger partial charge in [-0.25, -0.2) is 18.9 Å². The lowest BCUT2D eigenvalue weighted by molar-refractivity contribution is 0.281. The molecule has 1 aliphatic carbocycles. The van der Waals surface area contributed by atoms with Crippen LogP contribution in [-0.4, -0.2) is 36.2 Å². The number of rotatable bonds is 2. The first kappa shape index (κ1) is 18.6. The van der Waals surface area contributed by atoms with E-state index in [0.717, 1.165) is 49.1 Å². The topological polar surface area (TPSA) is 77.1 Å². The van der Waals surface area contributed by atoms with Crippen molar-refractivity contribution in [1.82, 2.24) is 29.5 Å². The Balaban J connectivity index is 1.45. The van der Waals surface area contributed by atoms with Crippen LogP contribution < -0.4 is 10.9 Å². The molecule has 0 radical (unpaired) electrons. The Morgan fingerprint density at radius 1 is 1.23 bits per heavy atom. The number of nitrogens with one attached hydrogen (secondary N) is 1. The van der Waals surface area contributed by atoms with Crippen molar-refractivity contribution in [3.63, 3.8) is 0 Å². The van der Waals surface area contributed by atoms with Gasteiger partial charge in [0.15, 0.2) is 5.65 Å². The number of fused-ring (bicyclic) bond motifs is 2. The maximum Gasteiger partial charge on any atom is 0.264 e. The van der Waals surface area contributed by atoms with Crippen molar-refractivity contribution in [2.24, 2.45) is 0 Å². The van der Waals surface area contributed by atoms with Crippen molar-refractivity contribution in [3.05, 3.63) is 58.2 Å². The van der Waals surface area contributed by atoms with Crippen molar-refractivity contribution >= 4 is 16.6 Å². The molecule has 158 valence electrons. The second-order valence-corrected chi connectivity index (χ2v) is 9.03. The van der Waals surface area contributed by atoms with E-state index in [1.807, 2.05) is 26.1 Å². The molecule has 1 saturated heterocycles. The lowest BCUT2D eigenvalue weighted by Crippen LogP contribution is -2.42. The van der Waals surface area contributed by atoms with Crippen LogP contribution in [0.2, 0.25) is 0 Å². The van der Waals surface area contributed by atoms with Crippen molar-refractivity contribution in [2.45, 2.75) is 51.1 Å². The van der Waals surface area contributed by atoms with Gasteiger partial charge < -0.3 is 5.32 Å². The Morgan fingerprint density at radius 3 is 2.87 bits per heavy atom. The number of halogens is 1. The molecule has 4 aromatic rings. The molecule has 4 heterocycles. The molecule has 0 bridgehead atoms. The number of aryl methyl sites for hydroxylation is 2. The molecule has 1 aliphatic heterocycles. The third-order valence-corrected chi connectivity index (χ3v) is 6.72. The van der Waals surface area contributed by atoms with E-state index in [1.54, 1.807) is 21.5 Å². The second-order valence-electron chi connectivity index (χ2n) is 9.03. The summed E-state index contributed by atoms with van der Waals surface area (Å²) < 4.78 is 18.6. The van der Waals surface area contributed by atoms with Crippen molar-refractivity contribution < 1.29 is 4.39 Å². The molecule has 7 nitrogen and oxygen atoms in total. The summed E-state index contributed by atoms with van der Waals surface area (Å²) in [6.07, 6.45) is 7.46. The van der Waals surface area contributed by atoms with Crippen molar-refractivity contribution in [2.75, 3.05) is 6.54 Å². The van der Waals surface area contributed by atoms with Crippen molar-refractivity contribution in [1.29, 1.82) is 0 Å². The number of nitrogens with zero attached hydrogens (tertiary/aromatic N) is 5. The molecule has 2 fully saturated rings. The van der Waals surface area contributed by atoms with E-state index in [2.05, 4.69) is 20.4 Å². The van der Waals surface area contributed by atoms with Crippen LogP contribution in [0.1, 0.15) is 43.0 Å². The first-order valence-electron chi connectivity index (χ1n) is 10.7. The van der Waals surface area contributed by atoms with Gasteiger partial charge >= 0.3 is 0 Å². The molecule has 1 spiro atoms. The third-order valence-electron chi connectivity index (χ3n) is 6.72. The van der Waals surface area contributed by atoms with E-state index < -0.39 is 5.82 Å². The van der Waals surface area contributed by atoms with Gasteiger partial charge in [0.2, 0.25) is 0 Å². The molecule has 1 aromatic carbocycles. The van der Waals surface area contributed by atoms with E-state index in [0.29, 0.717) is 16.8 Å². The normalized spacial score (nSPS) is 20.0. The summed E-state index contributed by atoms with van der Waals surface area (Å²) in [4.78, 5) is 22.1. The van der Waals surface area contributed by atoms with Crippen LogP contribution in [-0.2, 0) is 0 Å². The van der Waals surface area contributed by atoms with E-state index in [9.17, 15) is 4.79 Å². The number of benzene rings is 1. The zero-order valence-corrected chi connectivity index (χ0v) is 17.5. The molecular weight excluding hydrogens is 395 g/mol. The fraction of sp³-hybridized carbons (Fsp3) is 0.391. The molecule has 0 amide bonds. The van der Waals surface area contributed by atoms with Crippen LogP contribution >= 0.6 is 0 Å². The number of piperidine rings is 1. The Hall–Kier alpha value is -3.13. The Kier molecular flexibility index (Phi) is 3.87. The number of imidazole rings is 1. The molecule has 1 N–H and O–H groups in total. The maximum atomic E-state index is 15.2. The molecule has 31 heavy (non-hydrogen) atoms. The fourth-order valence-electron chi connectivity index (χ4n) is 4.90. The summed E-state index contributed by atoms with van der Waals surface area (Å²) in [5, 5.41) is 8.19. The summed E-state index contributed by atoms with van der Waals surface area (Å²) in [5.74, 6) is -0.559. The summed E-state index contributed by atoms with van der Waals surface area (Å²) in [7, 11) is 0. The standard InChI is InChI=1S/C23H23FN6O/c1-13-7-18(28-30-11-14(2)27-21(13)30)15-8-17(24)20-19(9-15)25-12-29(22(20)31)16-3-6-26-23(10-16)4-5-23/h7-9,11-12,16,26H,3-6,10H2,1-2H3/t16-/m0/s1. The molecule has 2 aliphatic rings. The zero-order chi connectivity index (χ0) is 21.3. The minimum Gasteiger partial charge on any atom is -0.311 e. The molecule has 1 saturated carbocycles. The number of hydrogen-bond acceptors (Lipinski definition) is 5. The molecule has 0 unspecified atom stereocenters. The maximum absolute atomic E-state index is 15.2. The van der Waals surface area contributed by atoms with Gasteiger partial charge in [-0.2, -0.15) is 5.10 Å². The van der Waals surface area contributed by atoms with Gasteiger partial charge in [0, 0.05) is 17.1 Å². The van der Waals surface area contributed by atoms with Crippen LogP contribution in [0.5, 0.6) is 0 Å². The molecular formula is C23H23FN6O. The minimum absolute atomic E-state index is 0.0471. The molecule has 6 rings (SSSR count). The van der Waals surface area contributed by atoms with Gasteiger partial charge in [0.1, 0.15) is 11.2 Å². The first-order valence-corrected chi connectivity index (χ1v) is 10.7. The molecule has 3 aromatic heterocycles. The van der Waals surface area contributed by atoms with Crippen LogP contribution in [0, 0.1) is 19.7 Å². The highest BCUT2D eigenvalue weighted by atomic mass is 19.1. The average Bonchev–Trinajstić information content (AvgIpc) is 3.35. The summed E-state index contributed by atoms with van der Waals surface area (Å²) >= 11 is 0. The highest BCUT2D eigenvalue weighted by molar-refractivity contribution is 5.83. The predicted octanol–water partition coefficient (Wildman–Crippen LogP) is 3.32. The summed E-state index contributed by atoms with van der Waals surface area (Å²) in [5.41, 5.74) is 4.02. The van der Waals surface area contributed by atoms with E-state index in [4.69, 9.17) is 0 Å². The van der Waals surface area contributed by atoms with Crippen LogP contribution in [0.25, 0.3) is 27.8 Å². The van der Waals surface area contributed by atoms with E-state index in [1.165, 1.54) is 6.07 Å². The van der Waals surface area contributed by atoms with Gasteiger partial charge in [-0.3, -0.25) is 9.36 Å². The number of aromatic nitrogens is 5. The monoisotopic (exact) mass is 418 g/mol. The molecule has 1 atom stereocenters. The highest BCUT2D eigenvalue weighted by Crippen LogP contribution is 2.45. The van der Waals surface area contributed by atoms with Gasteiger partial charge in [-0.1, -0.05) is 0 Å². The van der Waals surface area contributed by atoms with Gasteiger partial charge in [0.05, 0.1) is 29.4 Å². The van der Waals surface area contributed by atoms with Crippen LogP contribution in [0.15, 0.2) is 35.5 Å². The summed E-state index contributed by atoms with van der Waals surface area (Å²) in [6, 6.07) is 5.07. The molecule has 8 heteroatoms. The Labute approximate surface area is 177 Å². The Bertz CT molecular complexity index is 1420. The number of hydrogen-bond donors (Lipinski definition) is 1. The van der Waals surface area contributed by atoms with Gasteiger partial charge in [-0.05, 0) is 69.8 Å². The zero-order valence-electron chi connectivity index (χ0n) is 17.5. The van der Waals surface area contributed by atoms with Crippen LogP contribution in [0.3, 0.4) is 0 Å². The minimum atomic E-state index is -0.559. The summed E-state index contributed by atoms with van der Waals surface area (Å²) in [6.45, 7) is 4.73. The lowest BCUT2D eigenvalue weighted by Gasteiger charge is -2.31. The van der Waals surface area contributed by atoms with Crippen molar-refractivity contribution in [3.8, 4) is 11.3 Å².